The van der Waals surface area contributed by atoms with Crippen molar-refractivity contribution < 1.29 is 9.47 Å². The number of ether oxygens (including phenoxy) is 2. The fourth-order valence-electron chi connectivity index (χ4n) is 3.06. The molecule has 0 aromatic rings. The van der Waals surface area contributed by atoms with Crippen molar-refractivity contribution in [1.29, 1.82) is 0 Å². The van der Waals surface area contributed by atoms with Crippen molar-refractivity contribution in [3.63, 3.8) is 0 Å². The van der Waals surface area contributed by atoms with Crippen molar-refractivity contribution in [2.75, 3.05) is 59.7 Å². The lowest BCUT2D eigenvalue weighted by atomic mass is 10.0. The number of aliphatic imine (C=N–C) groups is 1. The predicted molar refractivity (Wildman–Crippen MR) is 114 cm³/mol. The van der Waals surface area contributed by atoms with Crippen LogP contribution >= 0.6 is 24.0 Å². The number of hydrogen-bond donors (Lipinski definition) is 2. The van der Waals surface area contributed by atoms with Crippen LogP contribution in [0, 0.1) is 11.8 Å². The van der Waals surface area contributed by atoms with Gasteiger partial charge in [0.1, 0.15) is 0 Å². The third-order valence-electron chi connectivity index (χ3n) is 4.62. The third-order valence-corrected chi connectivity index (χ3v) is 4.62. The van der Waals surface area contributed by atoms with Gasteiger partial charge in [-0.1, -0.05) is 13.8 Å². The Labute approximate surface area is 170 Å². The summed E-state index contributed by atoms with van der Waals surface area (Å²) in [7, 11) is 1.83. The van der Waals surface area contributed by atoms with Gasteiger partial charge in [0.25, 0.3) is 0 Å². The molecule has 0 aromatic carbocycles. The van der Waals surface area contributed by atoms with Crippen LogP contribution in [0.5, 0.6) is 0 Å². The minimum Gasteiger partial charge on any atom is -0.379 e. The molecule has 0 aromatic heterocycles. The largest absolute Gasteiger partial charge is 0.379 e. The van der Waals surface area contributed by atoms with E-state index in [0.717, 1.165) is 64.5 Å². The van der Waals surface area contributed by atoms with Gasteiger partial charge in [-0.05, 0) is 31.1 Å². The molecule has 0 radical (unpaired) electrons. The van der Waals surface area contributed by atoms with E-state index in [0.29, 0.717) is 12.0 Å². The van der Waals surface area contributed by atoms with Gasteiger partial charge < -0.3 is 20.1 Å². The zero-order chi connectivity index (χ0) is 17.2. The number of nitrogens with zero attached hydrogens (tertiary/aromatic N) is 2. The number of hydrogen-bond acceptors (Lipinski definition) is 4. The molecule has 1 unspecified atom stereocenters. The van der Waals surface area contributed by atoms with Gasteiger partial charge in [-0.2, -0.15) is 0 Å². The topological polar surface area (TPSA) is 58.1 Å². The molecule has 7 heteroatoms. The number of morpholine rings is 1. The number of rotatable bonds is 10. The Kier molecular flexibility index (Phi) is 12.0. The summed E-state index contributed by atoms with van der Waals surface area (Å²) in [5, 5.41) is 6.83. The first-order chi connectivity index (χ1) is 11.7. The van der Waals surface area contributed by atoms with Crippen LogP contribution in [-0.4, -0.2) is 76.6 Å². The summed E-state index contributed by atoms with van der Waals surface area (Å²) in [5.41, 5.74) is 0. The standard InChI is InChI=1S/C18H36N4O2.HI/c1-15(2)12-17(22-7-10-23-11-8-22)13-21-18(19-3)20-6-9-24-14-16-4-5-16;/h15-17H,4-14H2,1-3H3,(H2,19,20,21);1H. The van der Waals surface area contributed by atoms with Crippen LogP contribution in [0.15, 0.2) is 4.99 Å². The summed E-state index contributed by atoms with van der Waals surface area (Å²) in [6.45, 7) is 11.7. The normalized spacial score (nSPS) is 20.2. The maximum absolute atomic E-state index is 5.66. The molecule has 1 saturated heterocycles. The average Bonchev–Trinajstić information content (AvgIpc) is 3.41. The van der Waals surface area contributed by atoms with E-state index in [2.05, 4.69) is 34.4 Å². The molecule has 2 fully saturated rings. The van der Waals surface area contributed by atoms with Crippen LogP contribution in [0.4, 0.5) is 0 Å². The quantitative estimate of drug-likeness (QED) is 0.222. The van der Waals surface area contributed by atoms with Crippen molar-refractivity contribution in [3.05, 3.63) is 0 Å². The van der Waals surface area contributed by atoms with Gasteiger partial charge in [-0.3, -0.25) is 9.89 Å². The van der Waals surface area contributed by atoms with Gasteiger partial charge in [0, 0.05) is 45.9 Å². The molecule has 1 saturated carbocycles. The summed E-state index contributed by atoms with van der Waals surface area (Å²) in [5.74, 6) is 2.38. The summed E-state index contributed by atoms with van der Waals surface area (Å²) in [4.78, 5) is 6.87. The smallest absolute Gasteiger partial charge is 0.191 e. The first-order valence-electron chi connectivity index (χ1n) is 9.53. The summed E-state index contributed by atoms with van der Waals surface area (Å²) >= 11 is 0. The Balaban J connectivity index is 0.00000312. The second-order valence-electron chi connectivity index (χ2n) is 7.33. The average molecular weight is 468 g/mol. The Morgan fingerprint density at radius 1 is 1.24 bits per heavy atom. The molecule has 25 heavy (non-hydrogen) atoms. The van der Waals surface area contributed by atoms with Crippen LogP contribution in [-0.2, 0) is 9.47 Å². The summed E-state index contributed by atoms with van der Waals surface area (Å²) in [6, 6.07) is 0.526. The lowest BCUT2D eigenvalue weighted by Gasteiger charge is -2.35. The van der Waals surface area contributed by atoms with E-state index in [4.69, 9.17) is 9.47 Å². The fraction of sp³-hybridized carbons (Fsp3) is 0.944. The van der Waals surface area contributed by atoms with Gasteiger partial charge in [-0.15, -0.1) is 24.0 Å². The lowest BCUT2D eigenvalue weighted by molar-refractivity contribution is 0.0132. The molecule has 6 nitrogen and oxygen atoms in total. The second kappa shape index (κ2) is 13.1. The van der Waals surface area contributed by atoms with E-state index in [1.165, 1.54) is 19.3 Å². The molecule has 0 bridgehead atoms. The van der Waals surface area contributed by atoms with E-state index < -0.39 is 0 Å². The maximum atomic E-state index is 5.66. The van der Waals surface area contributed by atoms with E-state index >= 15 is 0 Å². The highest BCUT2D eigenvalue weighted by Crippen LogP contribution is 2.28. The molecule has 148 valence electrons. The molecule has 2 N–H and O–H groups in total. The second-order valence-corrected chi connectivity index (χ2v) is 7.33. The van der Waals surface area contributed by atoms with E-state index in [1.54, 1.807) is 0 Å². The first kappa shape index (κ1) is 22.9. The van der Waals surface area contributed by atoms with Crippen molar-refractivity contribution >= 4 is 29.9 Å². The van der Waals surface area contributed by atoms with Gasteiger partial charge in [0.05, 0.1) is 19.8 Å². The zero-order valence-electron chi connectivity index (χ0n) is 16.1. The third kappa shape index (κ3) is 9.96. The van der Waals surface area contributed by atoms with E-state index in [-0.39, 0.29) is 24.0 Å². The minimum atomic E-state index is 0. The Morgan fingerprint density at radius 3 is 2.56 bits per heavy atom. The van der Waals surface area contributed by atoms with Crippen LogP contribution in [0.2, 0.25) is 0 Å². The highest BCUT2D eigenvalue weighted by atomic mass is 127. The van der Waals surface area contributed by atoms with Crippen molar-refractivity contribution in [2.45, 2.75) is 39.2 Å². The number of guanidine groups is 1. The monoisotopic (exact) mass is 468 g/mol. The van der Waals surface area contributed by atoms with Gasteiger partial charge >= 0.3 is 0 Å². The van der Waals surface area contributed by atoms with E-state index in [1.807, 2.05) is 7.05 Å². The highest BCUT2D eigenvalue weighted by molar-refractivity contribution is 14.0. The Hall–Kier alpha value is -0.120. The van der Waals surface area contributed by atoms with Crippen molar-refractivity contribution in [3.8, 4) is 0 Å². The van der Waals surface area contributed by atoms with Gasteiger partial charge in [0.15, 0.2) is 5.96 Å². The first-order valence-corrected chi connectivity index (χ1v) is 9.53. The van der Waals surface area contributed by atoms with Crippen molar-refractivity contribution in [2.24, 2.45) is 16.8 Å². The molecule has 1 atom stereocenters. The molecule has 1 aliphatic carbocycles. The molecular formula is C18H37IN4O2. The molecular weight excluding hydrogens is 431 g/mol. The Bertz CT molecular complexity index is 372. The van der Waals surface area contributed by atoms with Crippen LogP contribution < -0.4 is 10.6 Å². The highest BCUT2D eigenvalue weighted by Gasteiger charge is 2.22. The van der Waals surface area contributed by atoms with Crippen LogP contribution in [0.1, 0.15) is 33.1 Å². The van der Waals surface area contributed by atoms with Crippen LogP contribution in [0.25, 0.3) is 0 Å². The summed E-state index contributed by atoms with van der Waals surface area (Å²) in [6.07, 6.45) is 3.87. The minimum absolute atomic E-state index is 0. The molecule has 2 aliphatic rings. The van der Waals surface area contributed by atoms with Crippen molar-refractivity contribution in [1.82, 2.24) is 15.5 Å². The summed E-state index contributed by atoms with van der Waals surface area (Å²) < 4.78 is 11.1. The SMILES string of the molecule is CN=C(NCCOCC1CC1)NCC(CC(C)C)N1CCOCC1.I. The molecule has 1 heterocycles. The zero-order valence-corrected chi connectivity index (χ0v) is 18.5. The fourth-order valence-corrected chi connectivity index (χ4v) is 3.06. The lowest BCUT2D eigenvalue weighted by Crippen LogP contribution is -2.51. The predicted octanol–water partition coefficient (Wildman–Crippen LogP) is 1.94. The van der Waals surface area contributed by atoms with E-state index in [9.17, 15) is 0 Å². The number of nitrogens with one attached hydrogen (secondary N) is 2. The molecule has 2 rings (SSSR count). The van der Waals surface area contributed by atoms with Gasteiger partial charge in [-0.25, -0.2) is 0 Å². The van der Waals surface area contributed by atoms with Gasteiger partial charge in [0.2, 0.25) is 0 Å². The Morgan fingerprint density at radius 2 is 1.96 bits per heavy atom. The molecule has 1 aliphatic heterocycles. The maximum Gasteiger partial charge on any atom is 0.191 e. The number of halogens is 1. The molecule has 0 amide bonds. The van der Waals surface area contributed by atoms with Crippen LogP contribution in [0.3, 0.4) is 0 Å². The molecule has 0 spiro atoms.